The Bertz CT molecular complexity index is 418. The van der Waals surface area contributed by atoms with Crippen LogP contribution in [0.25, 0.3) is 0 Å². The first kappa shape index (κ1) is 16.5. The van der Waals surface area contributed by atoms with Gasteiger partial charge in [-0.15, -0.1) is 0 Å². The molecule has 0 fully saturated rings. The summed E-state index contributed by atoms with van der Waals surface area (Å²) in [5.41, 5.74) is 0.342. The standard InChI is InChI=1S/C16H23FO3/c1-3-5-9-19-14-8-7-13(15(17)12-14)11-16(18)20-10-6-4-2/h7-8,12H,3-6,9-11H2,1-2H3. The molecule has 0 bridgehead atoms. The lowest BCUT2D eigenvalue weighted by Gasteiger charge is -2.08. The van der Waals surface area contributed by atoms with E-state index in [1.54, 1.807) is 12.1 Å². The molecule has 0 aromatic heterocycles. The third-order valence-electron chi connectivity index (χ3n) is 2.89. The van der Waals surface area contributed by atoms with Gasteiger partial charge in [-0.25, -0.2) is 4.39 Å². The molecule has 0 saturated carbocycles. The Morgan fingerprint density at radius 3 is 2.50 bits per heavy atom. The molecule has 0 amide bonds. The van der Waals surface area contributed by atoms with Gasteiger partial charge in [-0.3, -0.25) is 4.79 Å². The van der Waals surface area contributed by atoms with Crippen LogP contribution in [-0.4, -0.2) is 19.2 Å². The topological polar surface area (TPSA) is 35.5 Å². The van der Waals surface area contributed by atoms with Gasteiger partial charge in [-0.2, -0.15) is 0 Å². The van der Waals surface area contributed by atoms with Crippen molar-refractivity contribution in [2.24, 2.45) is 0 Å². The molecule has 4 heteroatoms. The van der Waals surface area contributed by atoms with E-state index in [1.165, 1.54) is 6.07 Å². The van der Waals surface area contributed by atoms with Crippen molar-refractivity contribution < 1.29 is 18.7 Å². The molecule has 0 saturated heterocycles. The van der Waals surface area contributed by atoms with Crippen molar-refractivity contribution in [3.8, 4) is 5.75 Å². The van der Waals surface area contributed by atoms with Gasteiger partial charge in [-0.05, 0) is 24.5 Å². The molecule has 3 nitrogen and oxygen atoms in total. The van der Waals surface area contributed by atoms with Gasteiger partial charge in [0.2, 0.25) is 0 Å². The van der Waals surface area contributed by atoms with Crippen LogP contribution in [0.2, 0.25) is 0 Å². The Kier molecular flexibility index (Phi) is 7.70. The molecular weight excluding hydrogens is 259 g/mol. The number of hydrogen-bond donors (Lipinski definition) is 0. The van der Waals surface area contributed by atoms with Gasteiger partial charge in [0.25, 0.3) is 0 Å². The van der Waals surface area contributed by atoms with Crippen LogP contribution in [0.4, 0.5) is 4.39 Å². The maximum Gasteiger partial charge on any atom is 0.310 e. The van der Waals surface area contributed by atoms with E-state index in [-0.39, 0.29) is 6.42 Å². The summed E-state index contributed by atoms with van der Waals surface area (Å²) in [6, 6.07) is 4.59. The Morgan fingerprint density at radius 2 is 1.85 bits per heavy atom. The first-order chi connectivity index (χ1) is 9.67. The predicted octanol–water partition coefficient (Wildman–Crippen LogP) is 3.89. The molecule has 0 unspecified atom stereocenters. The quantitative estimate of drug-likeness (QED) is 0.509. The Balaban J connectivity index is 2.48. The lowest BCUT2D eigenvalue weighted by molar-refractivity contribution is -0.143. The molecule has 0 aliphatic rings. The Hall–Kier alpha value is -1.58. The lowest BCUT2D eigenvalue weighted by atomic mass is 10.1. The van der Waals surface area contributed by atoms with Crippen molar-refractivity contribution in [3.63, 3.8) is 0 Å². The first-order valence-electron chi connectivity index (χ1n) is 7.24. The SMILES string of the molecule is CCCCOC(=O)Cc1ccc(OCCCC)cc1F. The first-order valence-corrected chi connectivity index (χ1v) is 7.24. The number of benzene rings is 1. The van der Waals surface area contributed by atoms with Crippen LogP contribution >= 0.6 is 0 Å². The zero-order chi connectivity index (χ0) is 14.8. The second-order valence-electron chi connectivity index (χ2n) is 4.71. The summed E-state index contributed by atoms with van der Waals surface area (Å²) >= 11 is 0. The highest BCUT2D eigenvalue weighted by Crippen LogP contribution is 2.18. The second-order valence-corrected chi connectivity index (χ2v) is 4.71. The van der Waals surface area contributed by atoms with Gasteiger partial charge in [0.15, 0.2) is 0 Å². The minimum absolute atomic E-state index is 0.0369. The molecule has 0 atom stereocenters. The van der Waals surface area contributed by atoms with Crippen LogP contribution in [0.5, 0.6) is 5.75 Å². The van der Waals surface area contributed by atoms with Crippen molar-refractivity contribution in [3.05, 3.63) is 29.6 Å². The van der Waals surface area contributed by atoms with Gasteiger partial charge < -0.3 is 9.47 Å². The molecule has 0 aliphatic heterocycles. The highest BCUT2D eigenvalue weighted by atomic mass is 19.1. The fraction of sp³-hybridized carbons (Fsp3) is 0.562. The van der Waals surface area contributed by atoms with Gasteiger partial charge >= 0.3 is 5.97 Å². The van der Waals surface area contributed by atoms with Crippen LogP contribution < -0.4 is 4.74 Å². The highest BCUT2D eigenvalue weighted by Gasteiger charge is 2.10. The fourth-order valence-electron chi connectivity index (χ4n) is 1.63. The minimum atomic E-state index is -0.425. The molecular formula is C16H23FO3. The van der Waals surface area contributed by atoms with E-state index in [0.717, 1.165) is 25.7 Å². The van der Waals surface area contributed by atoms with Crippen molar-refractivity contribution in [2.45, 2.75) is 46.0 Å². The van der Waals surface area contributed by atoms with E-state index in [1.807, 2.05) is 6.92 Å². The number of unbranched alkanes of at least 4 members (excludes halogenated alkanes) is 2. The smallest absolute Gasteiger partial charge is 0.310 e. The molecule has 0 aliphatic carbocycles. The molecule has 1 aromatic carbocycles. The number of esters is 1. The van der Waals surface area contributed by atoms with E-state index < -0.39 is 11.8 Å². The largest absolute Gasteiger partial charge is 0.493 e. The van der Waals surface area contributed by atoms with E-state index in [0.29, 0.717) is 24.5 Å². The average molecular weight is 282 g/mol. The number of carbonyl (C=O) groups excluding carboxylic acids is 1. The number of hydrogen-bond acceptors (Lipinski definition) is 3. The maximum absolute atomic E-state index is 13.8. The summed E-state index contributed by atoms with van der Waals surface area (Å²) in [5, 5.41) is 0. The van der Waals surface area contributed by atoms with Crippen molar-refractivity contribution in [2.75, 3.05) is 13.2 Å². The summed E-state index contributed by atoms with van der Waals surface area (Å²) < 4.78 is 24.2. The van der Waals surface area contributed by atoms with Gasteiger partial charge in [0.1, 0.15) is 11.6 Å². The summed E-state index contributed by atoms with van der Waals surface area (Å²) in [6.45, 7) is 5.06. The minimum Gasteiger partial charge on any atom is -0.493 e. The average Bonchev–Trinajstić information content (AvgIpc) is 2.42. The van der Waals surface area contributed by atoms with E-state index in [4.69, 9.17) is 9.47 Å². The number of ether oxygens (including phenoxy) is 2. The Morgan fingerprint density at radius 1 is 1.15 bits per heavy atom. The van der Waals surface area contributed by atoms with Crippen LogP contribution in [0.1, 0.15) is 45.1 Å². The van der Waals surface area contributed by atoms with Crippen LogP contribution in [0.15, 0.2) is 18.2 Å². The van der Waals surface area contributed by atoms with Gasteiger partial charge in [0, 0.05) is 6.07 Å². The summed E-state index contributed by atoms with van der Waals surface area (Å²) in [7, 11) is 0. The summed E-state index contributed by atoms with van der Waals surface area (Å²) in [6.07, 6.45) is 3.73. The molecule has 1 rings (SSSR count). The zero-order valence-corrected chi connectivity index (χ0v) is 12.3. The maximum atomic E-state index is 13.8. The molecule has 0 N–H and O–H groups in total. The van der Waals surface area contributed by atoms with Crippen LogP contribution in [0.3, 0.4) is 0 Å². The summed E-state index contributed by atoms with van der Waals surface area (Å²) in [5.74, 6) is -0.317. The monoisotopic (exact) mass is 282 g/mol. The third-order valence-corrected chi connectivity index (χ3v) is 2.89. The molecule has 112 valence electrons. The molecule has 0 radical (unpaired) electrons. The number of rotatable bonds is 9. The second kappa shape index (κ2) is 9.34. The van der Waals surface area contributed by atoms with Crippen LogP contribution in [-0.2, 0) is 16.0 Å². The number of carbonyl (C=O) groups is 1. The third kappa shape index (κ3) is 6.04. The van der Waals surface area contributed by atoms with E-state index in [9.17, 15) is 9.18 Å². The van der Waals surface area contributed by atoms with Crippen molar-refractivity contribution in [1.82, 2.24) is 0 Å². The highest BCUT2D eigenvalue weighted by molar-refractivity contribution is 5.72. The molecule has 0 heterocycles. The van der Waals surface area contributed by atoms with Crippen LogP contribution in [0, 0.1) is 5.82 Å². The zero-order valence-electron chi connectivity index (χ0n) is 12.3. The molecule has 0 spiro atoms. The van der Waals surface area contributed by atoms with E-state index >= 15 is 0 Å². The fourth-order valence-corrected chi connectivity index (χ4v) is 1.63. The van der Waals surface area contributed by atoms with Crippen molar-refractivity contribution in [1.29, 1.82) is 0 Å². The van der Waals surface area contributed by atoms with E-state index in [2.05, 4.69) is 6.92 Å². The summed E-state index contributed by atoms with van der Waals surface area (Å²) in [4.78, 5) is 11.5. The molecule has 20 heavy (non-hydrogen) atoms. The molecule has 1 aromatic rings. The van der Waals surface area contributed by atoms with Gasteiger partial charge in [-0.1, -0.05) is 32.8 Å². The Labute approximate surface area is 120 Å². The number of halogens is 1. The normalized spacial score (nSPS) is 10.3. The van der Waals surface area contributed by atoms with Gasteiger partial charge in [0.05, 0.1) is 19.6 Å². The predicted molar refractivity (Wildman–Crippen MR) is 76.4 cm³/mol. The lowest BCUT2D eigenvalue weighted by Crippen LogP contribution is -2.10. The van der Waals surface area contributed by atoms with Crippen molar-refractivity contribution >= 4 is 5.97 Å².